The third-order valence-corrected chi connectivity index (χ3v) is 9.85. The Morgan fingerprint density at radius 1 is 0.269 bits per heavy atom. The van der Waals surface area contributed by atoms with E-state index in [0.29, 0.717) is 0 Å². The van der Waals surface area contributed by atoms with Crippen molar-refractivity contribution in [1.29, 1.82) is 0 Å². The van der Waals surface area contributed by atoms with Gasteiger partial charge in [0.15, 0.2) is 0 Å². The monoisotopic (exact) mass is 709 g/mol. The van der Waals surface area contributed by atoms with Gasteiger partial charge in [0.1, 0.15) is 0 Å². The van der Waals surface area contributed by atoms with Gasteiger partial charge in [0.2, 0.25) is 0 Å². The highest BCUT2D eigenvalue weighted by atomic mass is 16.0. The van der Waals surface area contributed by atoms with Crippen molar-refractivity contribution in [3.8, 4) is 0 Å². The summed E-state index contributed by atoms with van der Waals surface area (Å²) in [5.74, 6) is 0. The van der Waals surface area contributed by atoms with Gasteiger partial charge in [0.25, 0.3) is 0 Å². The number of rotatable bonds is 0. The second kappa shape index (κ2) is 16.4. The number of hydrogen-bond donors (Lipinski definition) is 6. The molecule has 0 atom stereocenters. The highest BCUT2D eigenvalue weighted by molar-refractivity contribution is 5.20. The smallest absolute Gasteiger partial charge is 0.0393 e. The molecule has 13 nitrogen and oxygen atoms in total. The number of aromatic nitrogens is 6. The van der Waals surface area contributed by atoms with Crippen molar-refractivity contribution in [2.24, 2.45) is 0 Å². The standard InChI is InChI=1S/C39H51N11.2H2O/c1-46-16-28-4-10-34(40-28)22-49-24-36-12-6-30(42-36)18-47(2)19-31-7-13-37(43-31)25-50(23-35-11-5-29(17-46)41-35)27-39-15-9-33(45-39)21-48(3)20-32-8-14-38(26-49)44-32;;/h4-15,40-45H,16-27H2,1-3H3;2*1H2. The Kier molecular flexibility index (Phi) is 11.7. The lowest BCUT2D eigenvalue weighted by Gasteiger charge is -2.22. The van der Waals surface area contributed by atoms with E-state index in [1.165, 1.54) is 68.3 Å². The van der Waals surface area contributed by atoms with Gasteiger partial charge >= 0.3 is 0 Å². The maximum atomic E-state index is 3.74. The summed E-state index contributed by atoms with van der Waals surface area (Å²) in [5.41, 5.74) is 14.8. The molecule has 0 aliphatic carbocycles. The van der Waals surface area contributed by atoms with Crippen LogP contribution in [0.25, 0.3) is 0 Å². The van der Waals surface area contributed by atoms with Gasteiger partial charge in [-0.1, -0.05) is 0 Å². The zero-order valence-electron chi connectivity index (χ0n) is 30.6. The molecule has 0 saturated heterocycles. The lowest BCUT2D eigenvalue weighted by Crippen LogP contribution is -2.24. The van der Waals surface area contributed by atoms with Crippen molar-refractivity contribution in [3.05, 3.63) is 141 Å². The zero-order valence-corrected chi connectivity index (χ0v) is 30.6. The van der Waals surface area contributed by atoms with Crippen LogP contribution < -0.4 is 0 Å². The van der Waals surface area contributed by atoms with Crippen LogP contribution in [0.1, 0.15) is 68.3 Å². The minimum absolute atomic E-state index is 0. The van der Waals surface area contributed by atoms with Gasteiger partial charge in [-0.15, -0.1) is 0 Å². The lowest BCUT2D eigenvalue weighted by atomic mass is 10.3. The fourth-order valence-corrected chi connectivity index (χ4v) is 7.74. The van der Waals surface area contributed by atoms with Gasteiger partial charge in [-0.2, -0.15) is 0 Å². The molecule has 0 amide bonds. The molecule has 3 aliphatic rings. The minimum atomic E-state index is 0. The Hall–Kier alpha value is -4.60. The summed E-state index contributed by atoms with van der Waals surface area (Å²) in [7, 11) is 6.58. The van der Waals surface area contributed by atoms with E-state index in [0.717, 1.165) is 78.5 Å². The van der Waals surface area contributed by atoms with Crippen molar-refractivity contribution in [2.45, 2.75) is 78.5 Å². The van der Waals surface area contributed by atoms with Crippen LogP contribution in [0.5, 0.6) is 0 Å². The number of H-pyrrole nitrogens is 6. The average Bonchev–Trinajstić information content (AvgIpc) is 3.90. The van der Waals surface area contributed by atoms with Crippen LogP contribution in [0.15, 0.2) is 72.8 Å². The van der Waals surface area contributed by atoms with E-state index in [9.17, 15) is 0 Å². The van der Waals surface area contributed by atoms with Crippen LogP contribution in [0, 0.1) is 0 Å². The highest BCUT2D eigenvalue weighted by Gasteiger charge is 2.17. The van der Waals surface area contributed by atoms with E-state index < -0.39 is 0 Å². The molecule has 13 heteroatoms. The Balaban J connectivity index is 0.00000232. The summed E-state index contributed by atoms with van der Waals surface area (Å²) in [6.07, 6.45) is 0. The SMILES string of the molecule is CN1Cc2ccc([nH]2)CN2Cc3ccc([nH]3)CN(C)Cc3ccc([nH]3)CN(Cc3ccc([nH]3)C1)Cc1ccc([nH]1)CN(C)Cc1ccc([nH]1)C2.O.O. The van der Waals surface area contributed by atoms with Gasteiger partial charge in [0, 0.05) is 147 Å². The molecular formula is C39H55N11O2. The molecule has 278 valence electrons. The average molecular weight is 710 g/mol. The third kappa shape index (κ3) is 9.43. The molecular weight excluding hydrogens is 655 g/mol. The second-order valence-electron chi connectivity index (χ2n) is 14.9. The van der Waals surface area contributed by atoms with E-state index in [1.807, 2.05) is 0 Å². The molecule has 0 spiro atoms. The van der Waals surface area contributed by atoms with Crippen molar-refractivity contribution in [2.75, 3.05) is 21.1 Å². The molecule has 10 N–H and O–H groups in total. The first-order valence-corrected chi connectivity index (χ1v) is 17.8. The molecule has 14 bridgehead atoms. The molecule has 6 aromatic heterocycles. The molecule has 0 fully saturated rings. The van der Waals surface area contributed by atoms with E-state index in [2.05, 4.69) is 148 Å². The van der Waals surface area contributed by atoms with Gasteiger partial charge < -0.3 is 40.9 Å². The first-order chi connectivity index (χ1) is 24.3. The summed E-state index contributed by atoms with van der Waals surface area (Å²) in [6, 6.07) is 27.0. The summed E-state index contributed by atoms with van der Waals surface area (Å²) in [6.45, 7) is 10.1. The molecule has 0 unspecified atom stereocenters. The minimum Gasteiger partial charge on any atom is -0.412 e. The molecule has 0 radical (unpaired) electrons. The van der Waals surface area contributed by atoms with Gasteiger partial charge in [-0.25, -0.2) is 0 Å². The Labute approximate surface area is 305 Å². The first kappa shape index (κ1) is 37.2. The van der Waals surface area contributed by atoms with Crippen LogP contribution in [-0.4, -0.2) is 86.5 Å². The van der Waals surface area contributed by atoms with Crippen LogP contribution in [0.3, 0.4) is 0 Å². The molecule has 9 heterocycles. The largest absolute Gasteiger partial charge is 0.412 e. The fourth-order valence-electron chi connectivity index (χ4n) is 7.74. The second-order valence-corrected chi connectivity index (χ2v) is 14.9. The van der Waals surface area contributed by atoms with Gasteiger partial charge in [-0.05, 0) is 93.9 Å². The fraction of sp³-hybridized carbons (Fsp3) is 0.385. The Morgan fingerprint density at radius 2 is 0.404 bits per heavy atom. The maximum Gasteiger partial charge on any atom is 0.0393 e. The van der Waals surface area contributed by atoms with Crippen molar-refractivity contribution < 1.29 is 11.0 Å². The summed E-state index contributed by atoms with van der Waals surface area (Å²) in [5, 5.41) is 0. The summed E-state index contributed by atoms with van der Waals surface area (Å²) in [4.78, 5) is 34.6. The Bertz CT molecular complexity index is 1630. The molecule has 6 aromatic rings. The van der Waals surface area contributed by atoms with E-state index in [1.54, 1.807) is 0 Å². The van der Waals surface area contributed by atoms with E-state index in [-0.39, 0.29) is 11.0 Å². The van der Waals surface area contributed by atoms with Gasteiger partial charge in [-0.3, -0.25) is 24.5 Å². The lowest BCUT2D eigenvalue weighted by molar-refractivity contribution is 0.237. The number of hydrogen-bond acceptors (Lipinski definition) is 5. The van der Waals surface area contributed by atoms with Crippen molar-refractivity contribution in [3.63, 3.8) is 0 Å². The predicted molar refractivity (Wildman–Crippen MR) is 203 cm³/mol. The number of nitrogens with zero attached hydrogens (tertiary/aromatic N) is 5. The van der Waals surface area contributed by atoms with Crippen LogP contribution >= 0.6 is 0 Å². The maximum absolute atomic E-state index is 3.74. The first-order valence-electron chi connectivity index (χ1n) is 17.8. The number of nitrogens with one attached hydrogen (secondary N) is 6. The van der Waals surface area contributed by atoms with Crippen LogP contribution in [0.4, 0.5) is 0 Å². The normalized spacial score (nSPS) is 19.9. The van der Waals surface area contributed by atoms with Crippen molar-refractivity contribution >= 4 is 0 Å². The van der Waals surface area contributed by atoms with E-state index >= 15 is 0 Å². The van der Waals surface area contributed by atoms with E-state index in [4.69, 9.17) is 0 Å². The quantitative estimate of drug-likeness (QED) is 0.140. The van der Waals surface area contributed by atoms with Crippen molar-refractivity contribution in [1.82, 2.24) is 54.4 Å². The van der Waals surface area contributed by atoms with Crippen LogP contribution in [-0.2, 0) is 78.5 Å². The third-order valence-electron chi connectivity index (χ3n) is 9.85. The number of fused-ring (bicyclic) bond motifs is 6. The zero-order chi connectivity index (χ0) is 34.0. The molecule has 0 saturated carbocycles. The molecule has 52 heavy (non-hydrogen) atoms. The Morgan fingerprint density at radius 3 is 0.558 bits per heavy atom. The molecule has 0 aromatic carbocycles. The highest BCUT2D eigenvalue weighted by Crippen LogP contribution is 2.20. The molecule has 9 rings (SSSR count). The van der Waals surface area contributed by atoms with Gasteiger partial charge in [0.05, 0.1) is 0 Å². The predicted octanol–water partition coefficient (Wildman–Crippen LogP) is 3.93. The topological polar surface area (TPSA) is 174 Å². The summed E-state index contributed by atoms with van der Waals surface area (Å²) < 4.78 is 0. The number of aromatic amines is 6. The van der Waals surface area contributed by atoms with Crippen LogP contribution in [0.2, 0.25) is 0 Å². The summed E-state index contributed by atoms with van der Waals surface area (Å²) >= 11 is 0. The molecule has 3 aliphatic heterocycles.